The molecule has 1 heterocycles. The zero-order chi connectivity index (χ0) is 16.2. The third-order valence-electron chi connectivity index (χ3n) is 3.68. The zero-order valence-electron chi connectivity index (χ0n) is 12.9. The Bertz CT molecular complexity index is 715. The second-order valence-electron chi connectivity index (χ2n) is 5.23. The second-order valence-corrected chi connectivity index (χ2v) is 5.23. The van der Waals surface area contributed by atoms with Gasteiger partial charge in [-0.15, -0.1) is 0 Å². The Labute approximate surface area is 134 Å². The Morgan fingerprint density at radius 1 is 1.09 bits per heavy atom. The summed E-state index contributed by atoms with van der Waals surface area (Å²) in [6, 6.07) is 15.8. The van der Waals surface area contributed by atoms with Gasteiger partial charge in [-0.2, -0.15) is 0 Å². The summed E-state index contributed by atoms with van der Waals surface area (Å²) in [5.41, 5.74) is 1.32. The van der Waals surface area contributed by atoms with Crippen molar-refractivity contribution < 1.29 is 14.3 Å². The van der Waals surface area contributed by atoms with E-state index >= 15 is 0 Å². The number of hydrogen-bond acceptors (Lipinski definition) is 4. The molecule has 0 spiro atoms. The molecule has 1 saturated heterocycles. The topological polar surface area (TPSA) is 58.6 Å². The third kappa shape index (κ3) is 3.04. The molecule has 2 amide bonds. The first kappa shape index (κ1) is 15.1. The summed E-state index contributed by atoms with van der Waals surface area (Å²) >= 11 is 0. The number of anilines is 2. The summed E-state index contributed by atoms with van der Waals surface area (Å²) in [6.07, 6.45) is 0.133. The molecule has 1 aliphatic heterocycles. The van der Waals surface area contributed by atoms with Crippen molar-refractivity contribution in [2.45, 2.75) is 19.4 Å². The molecule has 1 aliphatic rings. The molecule has 118 valence electrons. The van der Waals surface area contributed by atoms with Crippen LogP contribution in [0.15, 0.2) is 54.6 Å². The van der Waals surface area contributed by atoms with E-state index in [1.807, 2.05) is 37.3 Å². The van der Waals surface area contributed by atoms with Gasteiger partial charge in [0.2, 0.25) is 5.91 Å². The smallest absolute Gasteiger partial charge is 0.256 e. The van der Waals surface area contributed by atoms with Crippen LogP contribution in [0.3, 0.4) is 0 Å². The van der Waals surface area contributed by atoms with Gasteiger partial charge in [0, 0.05) is 0 Å². The molecular weight excluding hydrogens is 292 g/mol. The average molecular weight is 310 g/mol. The fourth-order valence-corrected chi connectivity index (χ4v) is 2.65. The lowest BCUT2D eigenvalue weighted by molar-refractivity contribution is -0.121. The quantitative estimate of drug-likeness (QED) is 0.863. The lowest BCUT2D eigenvalue weighted by Gasteiger charge is -2.17. The maximum absolute atomic E-state index is 12.6. The average Bonchev–Trinajstić information content (AvgIpc) is 2.84. The number of amides is 2. The monoisotopic (exact) mass is 310 g/mol. The number of rotatable bonds is 5. The molecule has 3 rings (SSSR count). The van der Waals surface area contributed by atoms with Gasteiger partial charge < -0.3 is 10.1 Å². The number of hydrogen-bond donors (Lipinski definition) is 1. The maximum Gasteiger partial charge on any atom is 0.256 e. The fraction of sp³-hybridized carbons (Fsp3) is 0.222. The minimum Gasteiger partial charge on any atom is -0.492 e. The molecule has 0 aliphatic carbocycles. The molecule has 0 radical (unpaired) electrons. The van der Waals surface area contributed by atoms with Crippen LogP contribution < -0.4 is 15.0 Å². The summed E-state index contributed by atoms with van der Waals surface area (Å²) in [6.45, 7) is 2.44. The summed E-state index contributed by atoms with van der Waals surface area (Å²) < 4.78 is 5.55. The van der Waals surface area contributed by atoms with Crippen molar-refractivity contribution in [1.29, 1.82) is 0 Å². The fourth-order valence-electron chi connectivity index (χ4n) is 2.65. The van der Waals surface area contributed by atoms with Gasteiger partial charge in [-0.3, -0.25) is 9.59 Å². The van der Waals surface area contributed by atoms with Crippen molar-refractivity contribution in [3.8, 4) is 5.75 Å². The highest BCUT2D eigenvalue weighted by Gasteiger charge is 2.39. The lowest BCUT2D eigenvalue weighted by atomic mass is 10.2. The van der Waals surface area contributed by atoms with Crippen LogP contribution >= 0.6 is 0 Å². The largest absolute Gasteiger partial charge is 0.492 e. The number of carbonyl (C=O) groups is 2. The van der Waals surface area contributed by atoms with E-state index in [9.17, 15) is 9.59 Å². The second kappa shape index (κ2) is 6.52. The van der Waals surface area contributed by atoms with Crippen molar-refractivity contribution in [2.75, 3.05) is 16.8 Å². The van der Waals surface area contributed by atoms with E-state index in [2.05, 4.69) is 5.32 Å². The van der Waals surface area contributed by atoms with Crippen molar-refractivity contribution in [2.24, 2.45) is 0 Å². The normalized spacial score (nSPS) is 17.4. The van der Waals surface area contributed by atoms with Crippen LogP contribution in [0.4, 0.5) is 11.4 Å². The van der Waals surface area contributed by atoms with Crippen LogP contribution in [-0.2, 0) is 9.59 Å². The summed E-state index contributed by atoms with van der Waals surface area (Å²) in [4.78, 5) is 26.1. The van der Waals surface area contributed by atoms with E-state index in [4.69, 9.17) is 4.74 Å². The molecular formula is C18H18N2O3. The Balaban J connectivity index is 1.81. The Hall–Kier alpha value is -2.82. The number of nitrogens with zero attached hydrogens (tertiary/aromatic N) is 1. The molecule has 5 heteroatoms. The van der Waals surface area contributed by atoms with E-state index < -0.39 is 6.04 Å². The summed E-state index contributed by atoms with van der Waals surface area (Å²) in [7, 11) is 0. The van der Waals surface area contributed by atoms with Crippen LogP contribution in [0.25, 0.3) is 0 Å². The van der Waals surface area contributed by atoms with Gasteiger partial charge in [0.05, 0.1) is 24.4 Å². The van der Waals surface area contributed by atoms with Crippen LogP contribution in [-0.4, -0.2) is 24.5 Å². The highest BCUT2D eigenvalue weighted by Crippen LogP contribution is 2.29. The standard InChI is InChI=1S/C18H18N2O3/c1-2-23-16-11-7-6-10-14(16)19-15-12-17(21)20(18(15)22)13-8-4-3-5-9-13/h3-11,15,19H,2,12H2,1H3. The summed E-state index contributed by atoms with van der Waals surface area (Å²) in [5.74, 6) is 0.230. The van der Waals surface area contributed by atoms with E-state index in [0.717, 1.165) is 5.69 Å². The molecule has 1 fully saturated rings. The molecule has 1 atom stereocenters. The van der Waals surface area contributed by atoms with E-state index in [0.29, 0.717) is 18.0 Å². The number of benzene rings is 2. The Kier molecular flexibility index (Phi) is 4.28. The molecule has 0 saturated carbocycles. The van der Waals surface area contributed by atoms with Gasteiger partial charge in [-0.05, 0) is 31.2 Å². The van der Waals surface area contributed by atoms with Crippen molar-refractivity contribution >= 4 is 23.2 Å². The molecule has 5 nitrogen and oxygen atoms in total. The highest BCUT2D eigenvalue weighted by atomic mass is 16.5. The molecule has 2 aromatic carbocycles. The SMILES string of the molecule is CCOc1ccccc1NC1CC(=O)N(c2ccccc2)C1=O. The van der Waals surface area contributed by atoms with Gasteiger partial charge in [-0.1, -0.05) is 30.3 Å². The summed E-state index contributed by atoms with van der Waals surface area (Å²) in [5, 5.41) is 3.14. The third-order valence-corrected chi connectivity index (χ3v) is 3.68. The maximum atomic E-state index is 12.6. The Morgan fingerprint density at radius 2 is 1.78 bits per heavy atom. The first-order chi connectivity index (χ1) is 11.2. The van der Waals surface area contributed by atoms with E-state index in [1.165, 1.54) is 4.90 Å². The highest BCUT2D eigenvalue weighted by molar-refractivity contribution is 6.23. The molecule has 0 aromatic heterocycles. The van der Waals surface area contributed by atoms with Crippen LogP contribution in [0.2, 0.25) is 0 Å². The Morgan fingerprint density at radius 3 is 2.52 bits per heavy atom. The number of nitrogens with one attached hydrogen (secondary N) is 1. The number of imide groups is 1. The van der Waals surface area contributed by atoms with Gasteiger partial charge in [0.1, 0.15) is 11.8 Å². The molecule has 1 unspecified atom stereocenters. The molecule has 1 N–H and O–H groups in total. The van der Waals surface area contributed by atoms with Gasteiger partial charge in [0.15, 0.2) is 0 Å². The van der Waals surface area contributed by atoms with Crippen molar-refractivity contribution in [3.63, 3.8) is 0 Å². The molecule has 0 bridgehead atoms. The lowest BCUT2D eigenvalue weighted by Crippen LogP contribution is -2.34. The number of carbonyl (C=O) groups excluding carboxylic acids is 2. The zero-order valence-corrected chi connectivity index (χ0v) is 12.9. The van der Waals surface area contributed by atoms with E-state index in [-0.39, 0.29) is 18.2 Å². The van der Waals surface area contributed by atoms with Crippen LogP contribution in [0.1, 0.15) is 13.3 Å². The minimum atomic E-state index is -0.579. The predicted octanol–water partition coefficient (Wildman–Crippen LogP) is 2.83. The van der Waals surface area contributed by atoms with E-state index in [1.54, 1.807) is 24.3 Å². The number of para-hydroxylation sites is 3. The minimum absolute atomic E-state index is 0.133. The first-order valence-electron chi connectivity index (χ1n) is 7.61. The predicted molar refractivity (Wildman–Crippen MR) is 88.6 cm³/mol. The van der Waals surface area contributed by atoms with Crippen LogP contribution in [0.5, 0.6) is 5.75 Å². The van der Waals surface area contributed by atoms with Gasteiger partial charge in [0.25, 0.3) is 5.91 Å². The first-order valence-corrected chi connectivity index (χ1v) is 7.61. The molecule has 2 aromatic rings. The van der Waals surface area contributed by atoms with Crippen LogP contribution in [0, 0.1) is 0 Å². The van der Waals surface area contributed by atoms with Crippen molar-refractivity contribution in [1.82, 2.24) is 0 Å². The van der Waals surface area contributed by atoms with Crippen molar-refractivity contribution in [3.05, 3.63) is 54.6 Å². The van der Waals surface area contributed by atoms with Gasteiger partial charge in [-0.25, -0.2) is 4.90 Å². The molecule has 23 heavy (non-hydrogen) atoms. The van der Waals surface area contributed by atoms with Gasteiger partial charge >= 0.3 is 0 Å². The number of ether oxygens (including phenoxy) is 1.